The third-order valence-electron chi connectivity index (χ3n) is 5.58. The Morgan fingerprint density at radius 2 is 1.97 bits per heavy atom. The van der Waals surface area contributed by atoms with Crippen molar-refractivity contribution in [1.82, 2.24) is 5.32 Å². The molecule has 7 nitrogen and oxygen atoms in total. The molecule has 29 heavy (non-hydrogen) atoms. The lowest BCUT2D eigenvalue weighted by molar-refractivity contribution is 0.0708. The number of ether oxygens (including phenoxy) is 3. The lowest BCUT2D eigenvalue weighted by Gasteiger charge is -2.29. The summed E-state index contributed by atoms with van der Waals surface area (Å²) in [7, 11) is 1.62. The first-order chi connectivity index (χ1) is 14.0. The van der Waals surface area contributed by atoms with Crippen LogP contribution in [0.15, 0.2) is 39.5 Å². The second kappa shape index (κ2) is 7.91. The van der Waals surface area contributed by atoms with Crippen LogP contribution in [-0.4, -0.2) is 31.8 Å². The molecule has 0 saturated heterocycles. The minimum atomic E-state index is -0.675. The van der Waals surface area contributed by atoms with E-state index in [0.29, 0.717) is 29.4 Å². The highest BCUT2D eigenvalue weighted by Crippen LogP contribution is 2.36. The average molecular weight is 399 g/mol. The van der Waals surface area contributed by atoms with Crippen LogP contribution >= 0.6 is 0 Å². The Bertz CT molecular complexity index is 960. The predicted octanol–water partition coefficient (Wildman–Crippen LogP) is 3.15. The molecule has 1 aliphatic heterocycles. The summed E-state index contributed by atoms with van der Waals surface area (Å²) in [6.07, 6.45) is 3.17. The minimum Gasteiger partial charge on any atom is -0.485 e. The molecule has 1 fully saturated rings. The van der Waals surface area contributed by atoms with Crippen LogP contribution < -0.4 is 20.4 Å². The number of rotatable bonds is 5. The van der Waals surface area contributed by atoms with Gasteiger partial charge in [0.1, 0.15) is 12.2 Å². The molecule has 1 unspecified atom stereocenters. The fourth-order valence-corrected chi connectivity index (χ4v) is 4.16. The van der Waals surface area contributed by atoms with E-state index in [1.807, 2.05) is 18.2 Å². The number of para-hydroxylation sites is 2. The second-order valence-electron chi connectivity index (χ2n) is 7.73. The molecule has 1 amide bonds. The van der Waals surface area contributed by atoms with Gasteiger partial charge in [-0.2, -0.15) is 0 Å². The predicted molar refractivity (Wildman–Crippen MR) is 106 cm³/mol. The summed E-state index contributed by atoms with van der Waals surface area (Å²) >= 11 is 0. The van der Waals surface area contributed by atoms with Crippen LogP contribution in [0.5, 0.6) is 11.5 Å². The number of fused-ring (bicyclic) bond motifs is 1. The summed E-state index contributed by atoms with van der Waals surface area (Å²) in [4.78, 5) is 25.6. The van der Waals surface area contributed by atoms with E-state index in [1.54, 1.807) is 26.2 Å². The molecule has 7 heteroatoms. The smallest absolute Gasteiger partial charge is 0.349 e. The number of benzene rings is 1. The molecule has 2 aliphatic rings. The lowest BCUT2D eigenvalue weighted by Crippen LogP contribution is -2.50. The summed E-state index contributed by atoms with van der Waals surface area (Å²) in [6.45, 7) is 2.38. The van der Waals surface area contributed by atoms with Gasteiger partial charge in [-0.3, -0.25) is 4.79 Å². The van der Waals surface area contributed by atoms with Crippen LogP contribution in [0.4, 0.5) is 0 Å². The van der Waals surface area contributed by atoms with Crippen LogP contribution in [0, 0.1) is 6.92 Å². The van der Waals surface area contributed by atoms with E-state index in [1.165, 1.54) is 0 Å². The van der Waals surface area contributed by atoms with Gasteiger partial charge < -0.3 is 23.9 Å². The Hall–Kier alpha value is -2.80. The van der Waals surface area contributed by atoms with Crippen molar-refractivity contribution in [2.45, 2.75) is 44.2 Å². The number of amides is 1. The fourth-order valence-electron chi connectivity index (χ4n) is 4.16. The highest BCUT2D eigenvalue weighted by molar-refractivity contribution is 5.95. The monoisotopic (exact) mass is 399 g/mol. The van der Waals surface area contributed by atoms with E-state index in [4.69, 9.17) is 18.6 Å². The van der Waals surface area contributed by atoms with Crippen molar-refractivity contribution in [3.05, 3.63) is 57.6 Å². The van der Waals surface area contributed by atoms with Crippen LogP contribution in [0.3, 0.4) is 0 Å². The number of aryl methyl sites for hydroxylation is 1. The van der Waals surface area contributed by atoms with Crippen molar-refractivity contribution in [2.75, 3.05) is 20.3 Å². The molecule has 0 bridgehead atoms. The van der Waals surface area contributed by atoms with Gasteiger partial charge in [0.2, 0.25) is 0 Å². The summed E-state index contributed by atoms with van der Waals surface area (Å²) in [5.41, 5.74) is -0.534. The molecule has 1 aromatic heterocycles. The maximum Gasteiger partial charge on any atom is 0.349 e. The normalized spacial score (nSPS) is 19.7. The Morgan fingerprint density at radius 3 is 2.66 bits per heavy atom. The van der Waals surface area contributed by atoms with Gasteiger partial charge in [-0.15, -0.1) is 0 Å². The molecule has 1 N–H and O–H groups in total. The van der Waals surface area contributed by atoms with Crippen LogP contribution in [0.1, 0.15) is 53.5 Å². The molecule has 1 aliphatic carbocycles. The third kappa shape index (κ3) is 3.87. The number of methoxy groups -OCH3 is 1. The molecule has 1 atom stereocenters. The summed E-state index contributed by atoms with van der Waals surface area (Å²) < 4.78 is 22.4. The van der Waals surface area contributed by atoms with Crippen molar-refractivity contribution >= 4 is 5.91 Å². The van der Waals surface area contributed by atoms with Crippen LogP contribution in [0.2, 0.25) is 0 Å². The van der Waals surface area contributed by atoms with E-state index in [-0.39, 0.29) is 12.2 Å². The SMILES string of the molecule is COCC1(NC(=O)c2c(C)cc(C3COc4ccccc4O3)oc2=O)CCCC1. The fraction of sp³-hybridized carbons (Fsp3) is 0.455. The molecular formula is C22H25NO6. The van der Waals surface area contributed by atoms with E-state index in [9.17, 15) is 9.59 Å². The van der Waals surface area contributed by atoms with E-state index >= 15 is 0 Å². The van der Waals surface area contributed by atoms with E-state index in [2.05, 4.69) is 5.32 Å². The number of carbonyl (C=O) groups is 1. The lowest BCUT2D eigenvalue weighted by atomic mass is 9.97. The number of hydrogen-bond acceptors (Lipinski definition) is 6. The highest BCUT2D eigenvalue weighted by atomic mass is 16.6. The quantitative estimate of drug-likeness (QED) is 0.831. The van der Waals surface area contributed by atoms with Gasteiger partial charge in [0, 0.05) is 7.11 Å². The molecule has 4 rings (SSSR count). The largest absolute Gasteiger partial charge is 0.485 e. The molecule has 0 spiro atoms. The van der Waals surface area contributed by atoms with Gasteiger partial charge in [-0.05, 0) is 43.5 Å². The topological polar surface area (TPSA) is 87.0 Å². The second-order valence-corrected chi connectivity index (χ2v) is 7.73. The van der Waals surface area contributed by atoms with Crippen molar-refractivity contribution in [3.63, 3.8) is 0 Å². The van der Waals surface area contributed by atoms with Crippen molar-refractivity contribution in [2.24, 2.45) is 0 Å². The van der Waals surface area contributed by atoms with Crippen molar-refractivity contribution < 1.29 is 23.4 Å². The average Bonchev–Trinajstić information content (AvgIpc) is 3.15. The number of carbonyl (C=O) groups excluding carboxylic acids is 1. The van der Waals surface area contributed by atoms with Gasteiger partial charge in [0.25, 0.3) is 5.91 Å². The van der Waals surface area contributed by atoms with Gasteiger partial charge in [-0.25, -0.2) is 4.79 Å². The molecule has 2 aromatic rings. The first-order valence-corrected chi connectivity index (χ1v) is 9.86. The number of nitrogens with one attached hydrogen (secondary N) is 1. The zero-order valence-electron chi connectivity index (χ0n) is 16.7. The Balaban J connectivity index is 1.56. The minimum absolute atomic E-state index is 0.0215. The maximum atomic E-state index is 12.9. The number of hydrogen-bond donors (Lipinski definition) is 1. The van der Waals surface area contributed by atoms with Gasteiger partial charge in [0.15, 0.2) is 23.4 Å². The van der Waals surface area contributed by atoms with E-state index in [0.717, 1.165) is 25.7 Å². The highest BCUT2D eigenvalue weighted by Gasteiger charge is 2.37. The zero-order chi connectivity index (χ0) is 20.4. The van der Waals surface area contributed by atoms with Crippen LogP contribution in [0.25, 0.3) is 0 Å². The third-order valence-corrected chi connectivity index (χ3v) is 5.58. The Labute approximate surface area is 169 Å². The molecule has 2 heterocycles. The summed E-state index contributed by atoms with van der Waals surface area (Å²) in [6, 6.07) is 9.00. The van der Waals surface area contributed by atoms with Crippen molar-refractivity contribution in [1.29, 1.82) is 0 Å². The molecule has 1 saturated carbocycles. The van der Waals surface area contributed by atoms with Crippen LogP contribution in [-0.2, 0) is 4.74 Å². The molecular weight excluding hydrogens is 374 g/mol. The van der Waals surface area contributed by atoms with E-state index < -0.39 is 23.2 Å². The molecule has 154 valence electrons. The Morgan fingerprint density at radius 1 is 1.24 bits per heavy atom. The Kier molecular flexibility index (Phi) is 5.32. The molecule has 0 radical (unpaired) electrons. The first-order valence-electron chi connectivity index (χ1n) is 9.86. The molecule has 1 aromatic carbocycles. The van der Waals surface area contributed by atoms with Gasteiger partial charge in [0.05, 0.1) is 12.1 Å². The summed E-state index contributed by atoms with van der Waals surface area (Å²) in [5.74, 6) is 1.16. The van der Waals surface area contributed by atoms with Gasteiger partial charge in [-0.1, -0.05) is 25.0 Å². The first kappa shape index (κ1) is 19.5. The zero-order valence-corrected chi connectivity index (χ0v) is 16.7. The van der Waals surface area contributed by atoms with Crippen molar-refractivity contribution in [3.8, 4) is 11.5 Å². The standard InChI is InChI=1S/C22H25NO6/c1-14-11-17(18-12-27-15-7-3-4-8-16(15)28-18)29-21(25)19(14)20(24)23-22(13-26-2)9-5-6-10-22/h3-4,7-8,11,18H,5-6,9-10,12-13H2,1-2H3,(H,23,24). The summed E-state index contributed by atoms with van der Waals surface area (Å²) in [5, 5.41) is 3.02. The van der Waals surface area contributed by atoms with Gasteiger partial charge >= 0.3 is 5.63 Å². The maximum absolute atomic E-state index is 12.9.